The van der Waals surface area contributed by atoms with E-state index in [1.165, 1.54) is 0 Å². The SMILES string of the molecule is CCCCc1cccc(C(=O)NC2=NN=C(C(C)(F)F)C2)c1.[HH]. The number of halogens is 2. The Bertz CT molecular complexity index is 624. The number of nitrogens with zero attached hydrogens (tertiary/aromatic N) is 2. The van der Waals surface area contributed by atoms with E-state index in [9.17, 15) is 13.6 Å². The van der Waals surface area contributed by atoms with Crippen molar-refractivity contribution in [3.05, 3.63) is 35.4 Å². The molecule has 0 bridgehead atoms. The molecule has 22 heavy (non-hydrogen) atoms. The predicted octanol–water partition coefficient (Wildman–Crippen LogP) is 3.82. The Morgan fingerprint density at radius 1 is 1.41 bits per heavy atom. The lowest BCUT2D eigenvalue weighted by Crippen LogP contribution is -2.33. The second-order valence-electron chi connectivity index (χ2n) is 5.42. The van der Waals surface area contributed by atoms with E-state index in [0.29, 0.717) is 5.56 Å². The van der Waals surface area contributed by atoms with Gasteiger partial charge < -0.3 is 5.32 Å². The van der Waals surface area contributed by atoms with Crippen molar-refractivity contribution in [1.82, 2.24) is 5.32 Å². The van der Waals surface area contributed by atoms with Crippen LogP contribution in [0.1, 0.15) is 50.5 Å². The summed E-state index contributed by atoms with van der Waals surface area (Å²) < 4.78 is 26.2. The van der Waals surface area contributed by atoms with Crippen molar-refractivity contribution in [3.8, 4) is 0 Å². The molecule has 0 aromatic heterocycles. The first-order valence-electron chi connectivity index (χ1n) is 7.32. The van der Waals surface area contributed by atoms with E-state index in [-0.39, 0.29) is 25.3 Å². The van der Waals surface area contributed by atoms with Crippen LogP contribution in [0.25, 0.3) is 0 Å². The minimum Gasteiger partial charge on any atom is -0.308 e. The molecular weight excluding hydrogens is 288 g/mol. The summed E-state index contributed by atoms with van der Waals surface area (Å²) in [6.45, 7) is 2.87. The van der Waals surface area contributed by atoms with Crippen LogP contribution in [-0.4, -0.2) is 23.4 Å². The third-order valence-electron chi connectivity index (χ3n) is 3.40. The molecule has 6 heteroatoms. The molecule has 1 aromatic rings. The van der Waals surface area contributed by atoms with Crippen LogP contribution in [-0.2, 0) is 6.42 Å². The first-order valence-corrected chi connectivity index (χ1v) is 7.32. The van der Waals surface area contributed by atoms with Crippen LogP contribution < -0.4 is 5.32 Å². The Labute approximate surface area is 129 Å². The fourth-order valence-corrected chi connectivity index (χ4v) is 2.11. The van der Waals surface area contributed by atoms with Gasteiger partial charge in [-0.1, -0.05) is 25.5 Å². The summed E-state index contributed by atoms with van der Waals surface area (Å²) in [6, 6.07) is 7.30. The molecule has 1 aliphatic rings. The number of rotatable bonds is 5. The fraction of sp³-hybridized carbons (Fsp3) is 0.438. The minimum absolute atomic E-state index is 0. The number of carbonyl (C=O) groups is 1. The van der Waals surface area contributed by atoms with Crippen molar-refractivity contribution in [1.29, 1.82) is 0 Å². The van der Waals surface area contributed by atoms with E-state index in [0.717, 1.165) is 31.7 Å². The van der Waals surface area contributed by atoms with Gasteiger partial charge in [0.2, 0.25) is 0 Å². The standard InChI is InChI=1S/C16H19F2N3O.H2/c1-3-4-6-11-7-5-8-12(9-11)15(22)19-14-10-13(20-21-14)16(2,17)18;/h5,7-9H,3-4,6,10H2,1-2H3,(H,19,21,22);1H. The van der Waals surface area contributed by atoms with Crippen LogP contribution in [0.5, 0.6) is 0 Å². The van der Waals surface area contributed by atoms with E-state index >= 15 is 0 Å². The van der Waals surface area contributed by atoms with Gasteiger partial charge in [-0.25, -0.2) is 8.78 Å². The van der Waals surface area contributed by atoms with Gasteiger partial charge in [0.05, 0.1) is 6.42 Å². The predicted molar refractivity (Wildman–Crippen MR) is 84.7 cm³/mol. The van der Waals surface area contributed by atoms with E-state index in [1.54, 1.807) is 6.07 Å². The average molecular weight is 309 g/mol. The average Bonchev–Trinajstić information content (AvgIpc) is 2.94. The van der Waals surface area contributed by atoms with Crippen LogP contribution in [0.3, 0.4) is 0 Å². The number of amides is 1. The van der Waals surface area contributed by atoms with E-state index in [2.05, 4.69) is 22.4 Å². The second-order valence-corrected chi connectivity index (χ2v) is 5.42. The highest BCUT2D eigenvalue weighted by Crippen LogP contribution is 2.20. The number of amidine groups is 1. The number of carbonyl (C=O) groups excluding carboxylic acids is 1. The molecule has 0 atom stereocenters. The van der Waals surface area contributed by atoms with E-state index < -0.39 is 5.92 Å². The van der Waals surface area contributed by atoms with E-state index in [1.807, 2.05) is 18.2 Å². The third-order valence-corrected chi connectivity index (χ3v) is 3.40. The number of unbranched alkanes of at least 4 members (excludes halogenated alkanes) is 1. The topological polar surface area (TPSA) is 53.8 Å². The van der Waals surface area contributed by atoms with Crippen molar-refractivity contribution in [3.63, 3.8) is 0 Å². The zero-order valence-electron chi connectivity index (χ0n) is 12.7. The molecular formula is C16H21F2N3O. The highest BCUT2D eigenvalue weighted by Gasteiger charge is 2.33. The summed E-state index contributed by atoms with van der Waals surface area (Å²) >= 11 is 0. The summed E-state index contributed by atoms with van der Waals surface area (Å²) in [6.07, 6.45) is 2.91. The lowest BCUT2D eigenvalue weighted by Gasteiger charge is -2.09. The van der Waals surface area contributed by atoms with Gasteiger partial charge in [-0.3, -0.25) is 4.79 Å². The molecule has 0 unspecified atom stereocenters. The Balaban J connectivity index is 0.00000264. The Kier molecular flexibility index (Phi) is 5.00. The molecule has 0 radical (unpaired) electrons. The molecule has 0 saturated heterocycles. The molecule has 0 aliphatic carbocycles. The van der Waals surface area contributed by atoms with Gasteiger partial charge in [0.1, 0.15) is 11.5 Å². The zero-order chi connectivity index (χ0) is 16.2. The molecule has 0 saturated carbocycles. The van der Waals surface area contributed by atoms with Gasteiger partial charge in [0.25, 0.3) is 11.8 Å². The van der Waals surface area contributed by atoms with Crippen LogP contribution in [0.15, 0.2) is 34.5 Å². The molecule has 0 fully saturated rings. The summed E-state index contributed by atoms with van der Waals surface area (Å²) in [7, 11) is 0. The van der Waals surface area contributed by atoms with Crippen LogP contribution in [0.4, 0.5) is 8.78 Å². The van der Waals surface area contributed by atoms with Gasteiger partial charge in [0, 0.05) is 13.9 Å². The van der Waals surface area contributed by atoms with Crippen molar-refractivity contribution in [2.24, 2.45) is 10.2 Å². The third kappa shape index (κ3) is 4.19. The minimum atomic E-state index is -3.02. The van der Waals surface area contributed by atoms with Crippen molar-refractivity contribution in [2.45, 2.75) is 45.5 Å². The van der Waals surface area contributed by atoms with Crippen LogP contribution >= 0.6 is 0 Å². The van der Waals surface area contributed by atoms with E-state index in [4.69, 9.17) is 0 Å². The molecule has 2 rings (SSSR count). The molecule has 120 valence electrons. The van der Waals surface area contributed by atoms with Gasteiger partial charge in [-0.2, -0.15) is 5.10 Å². The fourth-order valence-electron chi connectivity index (χ4n) is 2.11. The number of benzene rings is 1. The summed E-state index contributed by atoms with van der Waals surface area (Å²) in [5.74, 6) is -3.22. The molecule has 1 amide bonds. The van der Waals surface area contributed by atoms with Crippen LogP contribution in [0.2, 0.25) is 0 Å². The second kappa shape index (κ2) is 6.77. The monoisotopic (exact) mass is 309 g/mol. The smallest absolute Gasteiger partial charge is 0.285 e. The quantitative estimate of drug-likeness (QED) is 0.883. The first-order chi connectivity index (χ1) is 10.4. The maximum atomic E-state index is 13.1. The lowest BCUT2D eigenvalue weighted by molar-refractivity contribution is 0.0966. The summed E-state index contributed by atoms with van der Waals surface area (Å²) in [4.78, 5) is 12.2. The number of aryl methyl sites for hydroxylation is 1. The Morgan fingerprint density at radius 3 is 2.82 bits per heavy atom. The number of nitrogens with one attached hydrogen (secondary N) is 1. The lowest BCUT2D eigenvalue weighted by atomic mass is 10.0. The van der Waals surface area contributed by atoms with Crippen molar-refractivity contribution >= 4 is 17.5 Å². The van der Waals surface area contributed by atoms with Crippen molar-refractivity contribution < 1.29 is 15.0 Å². The molecule has 1 aliphatic heterocycles. The van der Waals surface area contributed by atoms with Gasteiger partial charge in [0.15, 0.2) is 0 Å². The molecule has 0 spiro atoms. The first kappa shape index (κ1) is 16.3. The summed E-state index contributed by atoms with van der Waals surface area (Å²) in [5.41, 5.74) is 1.24. The molecule has 1 N–H and O–H groups in total. The highest BCUT2D eigenvalue weighted by atomic mass is 19.3. The maximum Gasteiger partial charge on any atom is 0.285 e. The maximum absolute atomic E-state index is 13.1. The Hall–Kier alpha value is -2.11. The van der Waals surface area contributed by atoms with Crippen LogP contribution in [0, 0.1) is 0 Å². The normalized spacial score (nSPS) is 14.5. The molecule has 1 aromatic carbocycles. The largest absolute Gasteiger partial charge is 0.308 e. The molecule has 4 nitrogen and oxygen atoms in total. The zero-order valence-corrected chi connectivity index (χ0v) is 12.7. The highest BCUT2D eigenvalue weighted by molar-refractivity contribution is 6.15. The summed E-state index contributed by atoms with van der Waals surface area (Å²) in [5, 5.41) is 9.59. The Morgan fingerprint density at radius 2 is 2.18 bits per heavy atom. The number of alkyl halides is 2. The van der Waals surface area contributed by atoms with Gasteiger partial charge >= 0.3 is 0 Å². The number of hydrogen-bond acceptors (Lipinski definition) is 3. The van der Waals surface area contributed by atoms with Gasteiger partial charge in [-0.05, 0) is 30.5 Å². The molecule has 1 heterocycles. The van der Waals surface area contributed by atoms with Gasteiger partial charge in [-0.15, -0.1) is 5.10 Å². The van der Waals surface area contributed by atoms with Crippen molar-refractivity contribution in [2.75, 3.05) is 0 Å². The number of hydrogen-bond donors (Lipinski definition) is 1.